The van der Waals surface area contributed by atoms with Gasteiger partial charge in [0.25, 0.3) is 0 Å². The van der Waals surface area contributed by atoms with E-state index in [1.807, 2.05) is 0 Å². The van der Waals surface area contributed by atoms with Crippen molar-refractivity contribution in [2.45, 2.75) is 57.3 Å². The predicted octanol–water partition coefficient (Wildman–Crippen LogP) is 5.11. The first-order valence-electron chi connectivity index (χ1n) is 11.9. The quantitative estimate of drug-likeness (QED) is 0.638. The molecule has 0 amide bonds. The van der Waals surface area contributed by atoms with Crippen molar-refractivity contribution in [2.24, 2.45) is 23.7 Å². The van der Waals surface area contributed by atoms with Crippen molar-refractivity contribution < 1.29 is 14.2 Å². The van der Waals surface area contributed by atoms with Gasteiger partial charge in [-0.15, -0.1) is 0 Å². The van der Waals surface area contributed by atoms with Crippen LogP contribution in [0.25, 0.3) is 0 Å². The average Bonchev–Trinajstić information content (AvgIpc) is 2.74. The molecule has 6 rings (SSSR count). The van der Waals surface area contributed by atoms with Crippen molar-refractivity contribution in [1.82, 2.24) is 4.90 Å². The molecule has 1 saturated heterocycles. The second kappa shape index (κ2) is 8.37. The number of methoxy groups -OCH3 is 2. The van der Waals surface area contributed by atoms with Gasteiger partial charge in [-0.05, 0) is 105 Å². The Morgan fingerprint density at radius 1 is 0.828 bits per heavy atom. The van der Waals surface area contributed by atoms with Crippen LogP contribution >= 0.6 is 0 Å². The maximum Gasteiger partial charge on any atom is 0.203 e. The number of likely N-dealkylation sites (tertiary alicyclic amines) is 1. The third-order valence-corrected chi connectivity index (χ3v) is 8.20. The van der Waals surface area contributed by atoms with E-state index in [2.05, 4.69) is 17.0 Å². The fourth-order valence-corrected chi connectivity index (χ4v) is 7.16. The lowest BCUT2D eigenvalue weighted by Crippen LogP contribution is -2.43. The highest BCUT2D eigenvalue weighted by Crippen LogP contribution is 2.60. The molecule has 5 fully saturated rings. The molecule has 4 aliphatic carbocycles. The number of ether oxygens (including phenoxy) is 3. The Kier molecular flexibility index (Phi) is 5.64. The van der Waals surface area contributed by atoms with E-state index in [-0.39, 0.29) is 0 Å². The van der Waals surface area contributed by atoms with Gasteiger partial charge in [0, 0.05) is 6.54 Å². The largest absolute Gasteiger partial charge is 0.493 e. The molecule has 4 heteroatoms. The molecule has 160 valence electrons. The number of hydrogen-bond donors (Lipinski definition) is 0. The van der Waals surface area contributed by atoms with Crippen LogP contribution in [-0.2, 0) is 0 Å². The summed E-state index contributed by atoms with van der Waals surface area (Å²) in [5.74, 6) is 6.83. The van der Waals surface area contributed by atoms with E-state index >= 15 is 0 Å². The van der Waals surface area contributed by atoms with Crippen LogP contribution in [0.3, 0.4) is 0 Å². The van der Waals surface area contributed by atoms with E-state index in [1.165, 1.54) is 70.0 Å². The molecule has 0 N–H and O–H groups in total. The first kappa shape index (κ1) is 19.5. The van der Waals surface area contributed by atoms with Gasteiger partial charge >= 0.3 is 0 Å². The van der Waals surface area contributed by atoms with Crippen molar-refractivity contribution in [3.8, 4) is 17.2 Å². The van der Waals surface area contributed by atoms with E-state index in [4.69, 9.17) is 14.2 Å². The minimum absolute atomic E-state index is 0.674. The average molecular weight is 400 g/mol. The number of benzene rings is 1. The van der Waals surface area contributed by atoms with Crippen LogP contribution in [0.5, 0.6) is 17.2 Å². The topological polar surface area (TPSA) is 30.9 Å². The zero-order valence-corrected chi connectivity index (χ0v) is 18.2. The van der Waals surface area contributed by atoms with Crippen LogP contribution in [-0.4, -0.2) is 45.4 Å². The van der Waals surface area contributed by atoms with Gasteiger partial charge in [-0.3, -0.25) is 4.90 Å². The zero-order chi connectivity index (χ0) is 19.8. The summed E-state index contributed by atoms with van der Waals surface area (Å²) in [6.07, 6.45) is 11.2. The van der Waals surface area contributed by atoms with Crippen molar-refractivity contribution >= 4 is 0 Å². The van der Waals surface area contributed by atoms with E-state index in [9.17, 15) is 0 Å². The highest BCUT2D eigenvalue weighted by atomic mass is 16.5. The number of piperidine rings is 1. The Hall–Kier alpha value is -1.42. The van der Waals surface area contributed by atoms with Gasteiger partial charge in [-0.2, -0.15) is 0 Å². The molecular weight excluding hydrogens is 362 g/mol. The highest BCUT2D eigenvalue weighted by molar-refractivity contribution is 5.55. The molecule has 0 aromatic heterocycles. The molecule has 29 heavy (non-hydrogen) atoms. The van der Waals surface area contributed by atoms with Crippen LogP contribution in [0.4, 0.5) is 0 Å². The Bertz CT molecular complexity index is 659. The summed E-state index contributed by atoms with van der Waals surface area (Å²) >= 11 is 0. The van der Waals surface area contributed by atoms with E-state index in [0.717, 1.165) is 47.5 Å². The molecular formula is C25H37NO3. The summed E-state index contributed by atoms with van der Waals surface area (Å²) in [5.41, 5.74) is 1.41. The van der Waals surface area contributed by atoms with Gasteiger partial charge < -0.3 is 14.2 Å². The highest BCUT2D eigenvalue weighted by Gasteiger charge is 2.48. The molecule has 0 atom stereocenters. The van der Waals surface area contributed by atoms with Crippen molar-refractivity contribution in [3.05, 3.63) is 17.7 Å². The zero-order valence-electron chi connectivity index (χ0n) is 18.2. The summed E-state index contributed by atoms with van der Waals surface area (Å²) < 4.78 is 17.8. The van der Waals surface area contributed by atoms with Crippen LogP contribution in [0.1, 0.15) is 62.8 Å². The van der Waals surface area contributed by atoms with Gasteiger partial charge in [-0.25, -0.2) is 0 Å². The van der Waals surface area contributed by atoms with E-state index < -0.39 is 0 Å². The standard InChI is InChI=1S/C25H37NO3/c1-27-22-15-21(24-19-11-17-10-18(13-19)14-20(24)12-17)16-23(28-2)25(22)29-9-8-26-6-4-3-5-7-26/h15-20,24H,3-14H2,1-2H3. The second-order valence-electron chi connectivity index (χ2n) is 9.96. The van der Waals surface area contributed by atoms with E-state index in [0.29, 0.717) is 12.5 Å². The number of rotatable bonds is 7. The fraction of sp³-hybridized carbons (Fsp3) is 0.760. The Morgan fingerprint density at radius 2 is 1.41 bits per heavy atom. The summed E-state index contributed by atoms with van der Waals surface area (Å²) in [4.78, 5) is 2.51. The second-order valence-corrected chi connectivity index (χ2v) is 9.96. The molecule has 0 spiro atoms. The van der Waals surface area contributed by atoms with Gasteiger partial charge in [0.05, 0.1) is 14.2 Å². The number of nitrogens with zero attached hydrogens (tertiary/aromatic N) is 1. The normalized spacial score (nSPS) is 33.7. The fourth-order valence-electron chi connectivity index (χ4n) is 7.16. The van der Waals surface area contributed by atoms with Gasteiger partial charge in [0.2, 0.25) is 5.75 Å². The maximum atomic E-state index is 6.22. The summed E-state index contributed by atoms with van der Waals surface area (Å²) in [7, 11) is 3.51. The van der Waals surface area contributed by atoms with Crippen LogP contribution in [0.2, 0.25) is 0 Å². The van der Waals surface area contributed by atoms with Crippen molar-refractivity contribution in [2.75, 3.05) is 40.5 Å². The summed E-state index contributed by atoms with van der Waals surface area (Å²) in [6, 6.07) is 4.51. The van der Waals surface area contributed by atoms with E-state index in [1.54, 1.807) is 14.2 Å². The molecule has 1 aromatic carbocycles. The SMILES string of the molecule is COc1cc(C2C3CC4CC(C3)CC2C4)cc(OC)c1OCCN1CCCCC1. The third-order valence-electron chi connectivity index (χ3n) is 8.20. The maximum absolute atomic E-state index is 6.22. The minimum Gasteiger partial charge on any atom is -0.493 e. The first-order chi connectivity index (χ1) is 14.2. The third kappa shape index (κ3) is 3.85. The van der Waals surface area contributed by atoms with Crippen LogP contribution in [0.15, 0.2) is 12.1 Å². The van der Waals surface area contributed by atoms with Gasteiger partial charge in [0.1, 0.15) is 6.61 Å². The van der Waals surface area contributed by atoms with Gasteiger partial charge in [-0.1, -0.05) is 6.42 Å². The molecule has 1 aromatic rings. The van der Waals surface area contributed by atoms with Gasteiger partial charge in [0.15, 0.2) is 11.5 Å². The molecule has 1 heterocycles. The lowest BCUT2D eigenvalue weighted by molar-refractivity contribution is -0.00291. The van der Waals surface area contributed by atoms with Crippen molar-refractivity contribution in [1.29, 1.82) is 0 Å². The molecule has 4 saturated carbocycles. The Morgan fingerprint density at radius 3 is 1.97 bits per heavy atom. The minimum atomic E-state index is 0.674. The Balaban J connectivity index is 1.33. The molecule has 4 bridgehead atoms. The summed E-state index contributed by atoms with van der Waals surface area (Å²) in [6.45, 7) is 4.06. The Labute approximate surface area is 175 Å². The lowest BCUT2D eigenvalue weighted by atomic mass is 9.51. The van der Waals surface area contributed by atoms with Crippen molar-refractivity contribution in [3.63, 3.8) is 0 Å². The summed E-state index contributed by atoms with van der Waals surface area (Å²) in [5, 5.41) is 0. The number of hydrogen-bond acceptors (Lipinski definition) is 4. The predicted molar refractivity (Wildman–Crippen MR) is 115 cm³/mol. The smallest absolute Gasteiger partial charge is 0.203 e. The molecule has 0 radical (unpaired) electrons. The lowest BCUT2D eigenvalue weighted by Gasteiger charge is -2.54. The molecule has 5 aliphatic rings. The molecule has 0 unspecified atom stereocenters. The first-order valence-corrected chi connectivity index (χ1v) is 11.9. The molecule has 1 aliphatic heterocycles. The molecule has 4 nitrogen and oxygen atoms in total. The monoisotopic (exact) mass is 399 g/mol. The van der Waals surface area contributed by atoms with Crippen LogP contribution < -0.4 is 14.2 Å². The van der Waals surface area contributed by atoms with Crippen LogP contribution in [0, 0.1) is 23.7 Å².